The van der Waals surface area contributed by atoms with E-state index >= 15 is 0 Å². The number of hydrogen-bond donors (Lipinski definition) is 0. The second-order valence-electron chi connectivity index (χ2n) is 5.38. The van der Waals surface area contributed by atoms with E-state index in [0.29, 0.717) is 6.54 Å². The minimum absolute atomic E-state index is 0.00759. The maximum absolute atomic E-state index is 12.5. The topological polar surface area (TPSA) is 68.3 Å². The monoisotopic (exact) mass is 318 g/mol. The summed E-state index contributed by atoms with van der Waals surface area (Å²) in [6.07, 6.45) is 5.05. The second-order valence-corrected chi connectivity index (χ2v) is 6.60. The van der Waals surface area contributed by atoms with Gasteiger partial charge in [-0.05, 0) is 20.8 Å². The van der Waals surface area contributed by atoms with Crippen LogP contribution in [0.3, 0.4) is 0 Å². The number of imidazole rings is 1. The lowest BCUT2D eigenvalue weighted by atomic mass is 10.2. The molecule has 1 amide bonds. The number of thiazole rings is 1. The van der Waals surface area contributed by atoms with Gasteiger partial charge in [0.15, 0.2) is 4.96 Å². The van der Waals surface area contributed by atoms with Gasteiger partial charge in [-0.15, -0.1) is 11.3 Å². The van der Waals surface area contributed by atoms with Crippen molar-refractivity contribution in [2.45, 2.75) is 33.4 Å². The third kappa shape index (κ3) is 2.50. The number of carbonyl (C=O) groups excluding carboxylic acids is 1. The molecule has 0 aromatic carbocycles. The Balaban J connectivity index is 1.82. The average molecular weight is 318 g/mol. The average Bonchev–Trinajstić information content (AvgIpc) is 3.17. The SMILES string of the molecule is Cc1cn2c(CN(C)C(=O)[C@@H](C)n3cncn3)c(C)nc2s1. The van der Waals surface area contributed by atoms with Crippen LogP contribution in [-0.4, -0.2) is 42.0 Å². The molecule has 3 aromatic heterocycles. The number of aryl methyl sites for hydroxylation is 2. The maximum atomic E-state index is 12.5. The van der Waals surface area contributed by atoms with Gasteiger partial charge < -0.3 is 4.90 Å². The largest absolute Gasteiger partial charge is 0.338 e. The lowest BCUT2D eigenvalue weighted by Crippen LogP contribution is -2.33. The van der Waals surface area contributed by atoms with Crippen LogP contribution in [0.5, 0.6) is 0 Å². The smallest absolute Gasteiger partial charge is 0.247 e. The van der Waals surface area contributed by atoms with Crippen LogP contribution >= 0.6 is 11.3 Å². The first-order chi connectivity index (χ1) is 10.5. The van der Waals surface area contributed by atoms with E-state index in [2.05, 4.69) is 32.6 Å². The van der Waals surface area contributed by atoms with Gasteiger partial charge in [0.25, 0.3) is 0 Å². The van der Waals surface area contributed by atoms with Crippen molar-refractivity contribution in [1.29, 1.82) is 0 Å². The summed E-state index contributed by atoms with van der Waals surface area (Å²) in [5.41, 5.74) is 2.00. The summed E-state index contributed by atoms with van der Waals surface area (Å²) in [4.78, 5) is 24.8. The van der Waals surface area contributed by atoms with E-state index in [0.717, 1.165) is 16.3 Å². The fourth-order valence-corrected chi connectivity index (χ4v) is 3.34. The molecule has 0 radical (unpaired) electrons. The molecule has 1 atom stereocenters. The fraction of sp³-hybridized carbons (Fsp3) is 0.429. The lowest BCUT2D eigenvalue weighted by Gasteiger charge is -2.21. The Morgan fingerprint density at radius 2 is 2.23 bits per heavy atom. The van der Waals surface area contributed by atoms with Gasteiger partial charge in [0.2, 0.25) is 5.91 Å². The van der Waals surface area contributed by atoms with Crippen molar-refractivity contribution in [3.8, 4) is 0 Å². The number of fused-ring (bicyclic) bond motifs is 1. The summed E-state index contributed by atoms with van der Waals surface area (Å²) in [6, 6.07) is -0.375. The number of likely N-dealkylation sites (N-methyl/N-ethyl adjacent to an activating group) is 1. The van der Waals surface area contributed by atoms with Gasteiger partial charge in [0.1, 0.15) is 18.7 Å². The Bertz CT molecular complexity index is 803. The molecule has 0 spiro atoms. The molecule has 8 heteroatoms. The van der Waals surface area contributed by atoms with Gasteiger partial charge >= 0.3 is 0 Å². The molecule has 22 heavy (non-hydrogen) atoms. The van der Waals surface area contributed by atoms with Crippen molar-refractivity contribution in [2.24, 2.45) is 0 Å². The zero-order chi connectivity index (χ0) is 15.9. The normalized spacial score (nSPS) is 12.7. The highest BCUT2D eigenvalue weighted by Gasteiger charge is 2.22. The Hall–Kier alpha value is -2.22. The van der Waals surface area contributed by atoms with Crippen LogP contribution in [0.15, 0.2) is 18.9 Å². The zero-order valence-electron chi connectivity index (χ0n) is 13.0. The molecule has 0 bridgehead atoms. The van der Waals surface area contributed by atoms with E-state index in [4.69, 9.17) is 0 Å². The van der Waals surface area contributed by atoms with Gasteiger partial charge in [-0.25, -0.2) is 14.6 Å². The molecule has 0 saturated carbocycles. The molecule has 7 nitrogen and oxygen atoms in total. The van der Waals surface area contributed by atoms with E-state index < -0.39 is 0 Å². The van der Waals surface area contributed by atoms with Crippen LogP contribution in [-0.2, 0) is 11.3 Å². The quantitative estimate of drug-likeness (QED) is 0.736. The molecule has 0 aliphatic heterocycles. The molecule has 116 valence electrons. The molecular formula is C14H18N6OS. The van der Waals surface area contributed by atoms with Crippen LogP contribution in [0.2, 0.25) is 0 Å². The molecule has 3 aromatic rings. The minimum atomic E-state index is -0.375. The predicted molar refractivity (Wildman–Crippen MR) is 83.8 cm³/mol. The number of hydrogen-bond acceptors (Lipinski definition) is 5. The van der Waals surface area contributed by atoms with Gasteiger partial charge in [-0.2, -0.15) is 5.10 Å². The van der Waals surface area contributed by atoms with E-state index in [1.54, 1.807) is 34.3 Å². The van der Waals surface area contributed by atoms with Crippen molar-refractivity contribution >= 4 is 22.2 Å². The van der Waals surface area contributed by atoms with E-state index in [-0.39, 0.29) is 11.9 Å². The Labute approximate surface area is 132 Å². The van der Waals surface area contributed by atoms with Gasteiger partial charge in [0, 0.05) is 18.1 Å². The highest BCUT2D eigenvalue weighted by Crippen LogP contribution is 2.22. The highest BCUT2D eigenvalue weighted by atomic mass is 32.1. The molecule has 0 aliphatic carbocycles. The standard InChI is InChI=1S/C14H18N6OS/c1-9-5-19-12(10(2)17-14(19)22-9)6-18(4)13(21)11(3)20-8-15-7-16-20/h5,7-8,11H,6H2,1-4H3/t11-/m1/s1. The second kappa shape index (κ2) is 5.53. The van der Waals surface area contributed by atoms with Gasteiger partial charge in [-0.3, -0.25) is 9.20 Å². The first-order valence-electron chi connectivity index (χ1n) is 7.00. The Morgan fingerprint density at radius 1 is 1.45 bits per heavy atom. The van der Waals surface area contributed by atoms with Gasteiger partial charge in [-0.1, -0.05) is 0 Å². The Morgan fingerprint density at radius 3 is 2.91 bits per heavy atom. The first kappa shape index (κ1) is 14.7. The van der Waals surface area contributed by atoms with Crippen molar-refractivity contribution < 1.29 is 4.79 Å². The number of aromatic nitrogens is 5. The highest BCUT2D eigenvalue weighted by molar-refractivity contribution is 7.17. The van der Waals surface area contributed by atoms with E-state index in [1.807, 2.05) is 13.8 Å². The van der Waals surface area contributed by atoms with Crippen molar-refractivity contribution in [3.05, 3.63) is 35.1 Å². The number of amides is 1. The molecular weight excluding hydrogens is 300 g/mol. The molecule has 3 rings (SSSR count). The van der Waals surface area contributed by atoms with Crippen molar-refractivity contribution in [3.63, 3.8) is 0 Å². The number of nitrogens with zero attached hydrogens (tertiary/aromatic N) is 6. The summed E-state index contributed by atoms with van der Waals surface area (Å²) in [6.45, 7) is 6.37. The number of carbonyl (C=O) groups is 1. The van der Waals surface area contributed by atoms with Crippen LogP contribution in [0.4, 0.5) is 0 Å². The van der Waals surface area contributed by atoms with Crippen molar-refractivity contribution in [2.75, 3.05) is 7.05 Å². The van der Waals surface area contributed by atoms with Crippen molar-refractivity contribution in [1.82, 2.24) is 29.0 Å². The summed E-state index contributed by atoms with van der Waals surface area (Å²) in [7, 11) is 1.80. The maximum Gasteiger partial charge on any atom is 0.247 e. The van der Waals surface area contributed by atoms with E-state index in [9.17, 15) is 4.79 Å². The molecule has 0 unspecified atom stereocenters. The fourth-order valence-electron chi connectivity index (χ4n) is 2.45. The third-order valence-electron chi connectivity index (χ3n) is 3.70. The van der Waals surface area contributed by atoms with Crippen LogP contribution in [0, 0.1) is 13.8 Å². The summed E-state index contributed by atoms with van der Waals surface area (Å²) in [5, 5.41) is 4.03. The van der Waals surface area contributed by atoms with Crippen LogP contribution < -0.4 is 0 Å². The lowest BCUT2D eigenvalue weighted by molar-refractivity contribution is -0.133. The van der Waals surface area contributed by atoms with E-state index in [1.165, 1.54) is 11.2 Å². The molecule has 0 aliphatic rings. The molecule has 3 heterocycles. The molecule has 0 saturated heterocycles. The first-order valence-corrected chi connectivity index (χ1v) is 7.82. The van der Waals surface area contributed by atoms with Crippen LogP contribution in [0.1, 0.15) is 29.2 Å². The summed E-state index contributed by atoms with van der Waals surface area (Å²) in [5.74, 6) is -0.00759. The molecule has 0 fully saturated rings. The summed E-state index contributed by atoms with van der Waals surface area (Å²) >= 11 is 1.65. The minimum Gasteiger partial charge on any atom is -0.338 e. The Kier molecular flexibility index (Phi) is 3.69. The predicted octanol–water partition coefficient (Wildman–Crippen LogP) is 1.82. The number of rotatable bonds is 4. The van der Waals surface area contributed by atoms with Gasteiger partial charge in [0.05, 0.1) is 17.9 Å². The zero-order valence-corrected chi connectivity index (χ0v) is 13.8. The summed E-state index contributed by atoms with van der Waals surface area (Å²) < 4.78 is 3.63. The third-order valence-corrected chi connectivity index (χ3v) is 4.59. The van der Waals surface area contributed by atoms with Crippen LogP contribution in [0.25, 0.3) is 4.96 Å². The molecule has 0 N–H and O–H groups in total.